The largest absolute Gasteiger partial charge is 0.339 e. The number of imidazole rings is 1. The Balaban J connectivity index is 1.60. The van der Waals surface area contributed by atoms with E-state index in [-0.39, 0.29) is 11.8 Å². The molecule has 1 fully saturated rings. The molecule has 0 aromatic carbocycles. The van der Waals surface area contributed by atoms with Crippen molar-refractivity contribution in [1.82, 2.24) is 19.2 Å². The SMILES string of the molecule is CC(=O)N1CCN(C(=O)Cc2cn3ccsc3n2)CC1. The summed E-state index contributed by atoms with van der Waals surface area (Å²) in [5.41, 5.74) is 0.802. The van der Waals surface area contributed by atoms with Crippen LogP contribution in [0, 0.1) is 0 Å². The highest BCUT2D eigenvalue weighted by molar-refractivity contribution is 7.15. The van der Waals surface area contributed by atoms with Gasteiger partial charge in [0.1, 0.15) is 0 Å². The van der Waals surface area contributed by atoms with Crippen molar-refractivity contribution >= 4 is 28.1 Å². The molecule has 1 saturated heterocycles. The van der Waals surface area contributed by atoms with Crippen LogP contribution in [0.25, 0.3) is 4.96 Å². The third-order valence-corrected chi connectivity index (χ3v) is 4.32. The fourth-order valence-electron chi connectivity index (χ4n) is 2.40. The minimum Gasteiger partial charge on any atom is -0.339 e. The molecule has 0 N–H and O–H groups in total. The van der Waals surface area contributed by atoms with Crippen molar-refractivity contribution in [3.05, 3.63) is 23.5 Å². The van der Waals surface area contributed by atoms with Crippen LogP contribution >= 0.6 is 11.3 Å². The lowest BCUT2D eigenvalue weighted by molar-refractivity contribution is -0.138. The number of thiazole rings is 1. The number of hydrogen-bond acceptors (Lipinski definition) is 4. The Bertz CT molecular complexity index is 611. The van der Waals surface area contributed by atoms with Crippen molar-refractivity contribution in [2.45, 2.75) is 13.3 Å². The van der Waals surface area contributed by atoms with E-state index >= 15 is 0 Å². The number of fused-ring (bicyclic) bond motifs is 1. The third-order valence-electron chi connectivity index (χ3n) is 3.55. The highest BCUT2D eigenvalue weighted by Crippen LogP contribution is 2.13. The molecule has 20 heavy (non-hydrogen) atoms. The average molecular weight is 292 g/mol. The van der Waals surface area contributed by atoms with Gasteiger partial charge in [-0.3, -0.25) is 14.0 Å². The minimum atomic E-state index is 0.0754. The van der Waals surface area contributed by atoms with Crippen LogP contribution in [0.1, 0.15) is 12.6 Å². The topological polar surface area (TPSA) is 57.9 Å². The normalized spacial score (nSPS) is 15.8. The Kier molecular flexibility index (Phi) is 3.43. The molecule has 0 atom stereocenters. The molecule has 0 bridgehead atoms. The second-order valence-corrected chi connectivity index (χ2v) is 5.76. The molecule has 106 valence electrons. The van der Waals surface area contributed by atoms with Crippen LogP contribution in [0.2, 0.25) is 0 Å². The summed E-state index contributed by atoms with van der Waals surface area (Å²) in [6, 6.07) is 0. The fraction of sp³-hybridized carbons (Fsp3) is 0.462. The first-order valence-electron chi connectivity index (χ1n) is 6.58. The lowest BCUT2D eigenvalue weighted by Gasteiger charge is -2.34. The van der Waals surface area contributed by atoms with Crippen LogP contribution in [-0.4, -0.2) is 57.2 Å². The van der Waals surface area contributed by atoms with Crippen molar-refractivity contribution in [2.75, 3.05) is 26.2 Å². The predicted molar refractivity (Wildman–Crippen MR) is 75.6 cm³/mol. The van der Waals surface area contributed by atoms with Gasteiger partial charge in [-0.25, -0.2) is 4.98 Å². The number of carbonyl (C=O) groups is 2. The van der Waals surface area contributed by atoms with Gasteiger partial charge in [-0.05, 0) is 0 Å². The molecule has 7 heteroatoms. The van der Waals surface area contributed by atoms with E-state index in [1.54, 1.807) is 23.2 Å². The summed E-state index contributed by atoms with van der Waals surface area (Å²) in [4.78, 5) is 32.4. The molecule has 3 rings (SSSR count). The maximum Gasteiger partial charge on any atom is 0.228 e. The average Bonchev–Trinajstić information content (AvgIpc) is 2.99. The summed E-state index contributed by atoms with van der Waals surface area (Å²) in [6.07, 6.45) is 4.16. The minimum absolute atomic E-state index is 0.0754. The van der Waals surface area contributed by atoms with Gasteiger partial charge in [-0.15, -0.1) is 11.3 Å². The van der Waals surface area contributed by atoms with Gasteiger partial charge in [0, 0.05) is 50.9 Å². The summed E-state index contributed by atoms with van der Waals surface area (Å²) >= 11 is 1.56. The van der Waals surface area contributed by atoms with Gasteiger partial charge < -0.3 is 9.80 Å². The maximum atomic E-state index is 12.2. The molecule has 2 aromatic rings. The summed E-state index contributed by atoms with van der Waals surface area (Å²) in [5, 5.41) is 1.97. The molecular weight excluding hydrogens is 276 g/mol. The number of carbonyl (C=O) groups excluding carboxylic acids is 2. The van der Waals surface area contributed by atoms with Crippen molar-refractivity contribution in [1.29, 1.82) is 0 Å². The van der Waals surface area contributed by atoms with E-state index < -0.39 is 0 Å². The van der Waals surface area contributed by atoms with Crippen molar-refractivity contribution < 1.29 is 9.59 Å². The van der Waals surface area contributed by atoms with Gasteiger partial charge in [-0.2, -0.15) is 0 Å². The first-order valence-corrected chi connectivity index (χ1v) is 7.46. The Morgan fingerprint density at radius 3 is 2.60 bits per heavy atom. The van der Waals surface area contributed by atoms with E-state index in [9.17, 15) is 9.59 Å². The van der Waals surface area contributed by atoms with E-state index in [1.807, 2.05) is 27.1 Å². The van der Waals surface area contributed by atoms with E-state index in [1.165, 1.54) is 0 Å². The molecule has 1 aliphatic rings. The number of hydrogen-bond donors (Lipinski definition) is 0. The summed E-state index contributed by atoms with van der Waals surface area (Å²) < 4.78 is 1.93. The van der Waals surface area contributed by atoms with Gasteiger partial charge in [0.25, 0.3) is 0 Å². The van der Waals surface area contributed by atoms with Crippen LogP contribution in [0.4, 0.5) is 0 Å². The Morgan fingerprint density at radius 1 is 1.25 bits per heavy atom. The van der Waals surface area contributed by atoms with E-state index in [0.29, 0.717) is 32.6 Å². The van der Waals surface area contributed by atoms with Crippen LogP contribution in [0.3, 0.4) is 0 Å². The zero-order chi connectivity index (χ0) is 14.1. The molecule has 6 nitrogen and oxygen atoms in total. The van der Waals surface area contributed by atoms with Crippen molar-refractivity contribution in [3.63, 3.8) is 0 Å². The maximum absolute atomic E-state index is 12.2. The summed E-state index contributed by atoms with van der Waals surface area (Å²) in [7, 11) is 0. The second kappa shape index (κ2) is 5.24. The van der Waals surface area contributed by atoms with Crippen molar-refractivity contribution in [3.8, 4) is 0 Å². The molecule has 0 spiro atoms. The van der Waals surface area contributed by atoms with Crippen molar-refractivity contribution in [2.24, 2.45) is 0 Å². The molecule has 0 unspecified atom stereocenters. The molecule has 0 aliphatic carbocycles. The van der Waals surface area contributed by atoms with E-state index in [0.717, 1.165) is 10.7 Å². The fourth-order valence-corrected chi connectivity index (χ4v) is 3.12. The highest BCUT2D eigenvalue weighted by Gasteiger charge is 2.22. The lowest BCUT2D eigenvalue weighted by Crippen LogP contribution is -2.50. The van der Waals surface area contributed by atoms with E-state index in [4.69, 9.17) is 0 Å². The summed E-state index contributed by atoms with van der Waals surface area (Å²) in [5.74, 6) is 0.158. The van der Waals surface area contributed by atoms with Crippen LogP contribution in [0.15, 0.2) is 17.8 Å². The van der Waals surface area contributed by atoms with E-state index in [2.05, 4.69) is 4.98 Å². The summed E-state index contributed by atoms with van der Waals surface area (Å²) in [6.45, 7) is 4.04. The lowest BCUT2D eigenvalue weighted by atomic mass is 10.2. The third kappa shape index (κ3) is 2.53. The number of piperazine rings is 1. The van der Waals surface area contributed by atoms with Gasteiger partial charge in [0.05, 0.1) is 12.1 Å². The van der Waals surface area contributed by atoms with Crippen LogP contribution < -0.4 is 0 Å². The Hall–Kier alpha value is -1.89. The standard InChI is InChI=1S/C13H16N4O2S/c1-10(18)15-2-4-16(5-3-15)12(19)8-11-9-17-6-7-20-13(17)14-11/h6-7,9H,2-5,8H2,1H3. The molecule has 0 saturated carbocycles. The van der Waals surface area contributed by atoms with Gasteiger partial charge in [-0.1, -0.05) is 0 Å². The number of rotatable bonds is 2. The number of aromatic nitrogens is 2. The number of nitrogens with zero attached hydrogens (tertiary/aromatic N) is 4. The van der Waals surface area contributed by atoms with Crippen LogP contribution in [-0.2, 0) is 16.0 Å². The first-order chi connectivity index (χ1) is 9.63. The highest BCUT2D eigenvalue weighted by atomic mass is 32.1. The monoisotopic (exact) mass is 292 g/mol. The zero-order valence-corrected chi connectivity index (χ0v) is 12.1. The molecule has 0 radical (unpaired) electrons. The van der Waals surface area contributed by atoms with Gasteiger partial charge in [0.2, 0.25) is 11.8 Å². The zero-order valence-electron chi connectivity index (χ0n) is 11.3. The molecular formula is C13H16N4O2S. The first kappa shape index (κ1) is 13.1. The smallest absolute Gasteiger partial charge is 0.228 e. The number of amides is 2. The molecule has 2 amide bonds. The Morgan fingerprint density at radius 2 is 1.95 bits per heavy atom. The molecule has 1 aliphatic heterocycles. The molecule has 3 heterocycles. The predicted octanol–water partition coefficient (Wildman–Crippen LogP) is 0.629. The van der Waals surface area contributed by atoms with Gasteiger partial charge >= 0.3 is 0 Å². The van der Waals surface area contributed by atoms with Crippen LogP contribution in [0.5, 0.6) is 0 Å². The Labute approximate surface area is 120 Å². The molecule has 2 aromatic heterocycles. The quantitative estimate of drug-likeness (QED) is 0.816. The second-order valence-electron chi connectivity index (χ2n) is 4.89. The van der Waals surface area contributed by atoms with Gasteiger partial charge in [0.15, 0.2) is 4.96 Å².